The smallest absolute Gasteiger partial charge is 0.102 e. The number of hydrogen-bond donors (Lipinski definition) is 1. The van der Waals surface area contributed by atoms with Gasteiger partial charge in [0, 0.05) is 6.61 Å². The third kappa shape index (κ3) is 7.06. The average molecular weight is 278 g/mol. The van der Waals surface area contributed by atoms with E-state index in [4.69, 9.17) is 4.74 Å². The van der Waals surface area contributed by atoms with Crippen LogP contribution in [0.4, 0.5) is 0 Å². The molecule has 1 atom stereocenters. The highest BCUT2D eigenvalue weighted by atomic mass is 16.5. The number of aliphatic hydroxyl groups is 1. The molecule has 0 bridgehead atoms. The minimum Gasteiger partial charge on any atom is -0.386 e. The van der Waals surface area contributed by atoms with Crippen molar-refractivity contribution in [2.45, 2.75) is 64.9 Å². The maximum absolute atomic E-state index is 10.0. The Kier molecular flexibility index (Phi) is 9.35. The summed E-state index contributed by atoms with van der Waals surface area (Å²) in [5, 5.41) is 10.0. The monoisotopic (exact) mass is 278 g/mol. The van der Waals surface area contributed by atoms with E-state index < -0.39 is 6.10 Å². The van der Waals surface area contributed by atoms with E-state index in [0.29, 0.717) is 6.61 Å². The number of ether oxygens (including phenoxy) is 1. The van der Waals surface area contributed by atoms with Crippen molar-refractivity contribution >= 4 is 0 Å². The van der Waals surface area contributed by atoms with Crippen LogP contribution in [0.1, 0.15) is 69.6 Å². The molecule has 0 aliphatic heterocycles. The van der Waals surface area contributed by atoms with E-state index in [9.17, 15) is 5.11 Å². The first-order chi connectivity index (χ1) is 9.77. The van der Waals surface area contributed by atoms with Crippen molar-refractivity contribution in [2.75, 3.05) is 13.2 Å². The first-order valence-electron chi connectivity index (χ1n) is 8.12. The van der Waals surface area contributed by atoms with Crippen molar-refractivity contribution in [1.82, 2.24) is 0 Å². The summed E-state index contributed by atoms with van der Waals surface area (Å²) in [6.07, 6.45) is 8.15. The molecule has 0 saturated heterocycles. The summed E-state index contributed by atoms with van der Waals surface area (Å²) in [6, 6.07) is 8.15. The fourth-order valence-corrected chi connectivity index (χ4v) is 2.25. The normalized spacial score (nSPS) is 12.6. The molecule has 1 aromatic carbocycles. The van der Waals surface area contributed by atoms with E-state index >= 15 is 0 Å². The van der Waals surface area contributed by atoms with Crippen LogP contribution in [0.5, 0.6) is 0 Å². The van der Waals surface area contributed by atoms with Gasteiger partial charge in [0.1, 0.15) is 6.10 Å². The van der Waals surface area contributed by atoms with Gasteiger partial charge in [-0.15, -0.1) is 0 Å². The van der Waals surface area contributed by atoms with Gasteiger partial charge in [-0.25, -0.2) is 0 Å². The maximum atomic E-state index is 10.0. The van der Waals surface area contributed by atoms with Gasteiger partial charge in [-0.3, -0.25) is 0 Å². The number of aliphatic hydroxyl groups excluding tert-OH is 1. The van der Waals surface area contributed by atoms with Gasteiger partial charge in [-0.1, -0.05) is 70.2 Å². The van der Waals surface area contributed by atoms with E-state index in [1.54, 1.807) is 0 Å². The average Bonchev–Trinajstić information content (AvgIpc) is 2.50. The molecule has 1 N–H and O–H groups in total. The molecular weight excluding hydrogens is 248 g/mol. The second kappa shape index (κ2) is 10.9. The number of benzene rings is 1. The second-order valence-corrected chi connectivity index (χ2v) is 5.45. The van der Waals surface area contributed by atoms with Crippen LogP contribution in [0, 0.1) is 0 Å². The van der Waals surface area contributed by atoms with Crippen LogP contribution in [-0.4, -0.2) is 18.3 Å². The largest absolute Gasteiger partial charge is 0.386 e. The Morgan fingerprint density at radius 3 is 2.25 bits per heavy atom. The van der Waals surface area contributed by atoms with Gasteiger partial charge in [0.15, 0.2) is 0 Å². The van der Waals surface area contributed by atoms with E-state index in [1.165, 1.54) is 37.7 Å². The van der Waals surface area contributed by atoms with Crippen molar-refractivity contribution in [3.63, 3.8) is 0 Å². The van der Waals surface area contributed by atoms with Crippen LogP contribution in [0.25, 0.3) is 0 Å². The van der Waals surface area contributed by atoms with Crippen molar-refractivity contribution < 1.29 is 9.84 Å². The summed E-state index contributed by atoms with van der Waals surface area (Å²) >= 11 is 0. The summed E-state index contributed by atoms with van der Waals surface area (Å²) in [7, 11) is 0. The molecule has 2 heteroatoms. The third-order valence-electron chi connectivity index (χ3n) is 3.69. The topological polar surface area (TPSA) is 29.5 Å². The van der Waals surface area contributed by atoms with Crippen LogP contribution >= 0.6 is 0 Å². The lowest BCUT2D eigenvalue weighted by Gasteiger charge is -2.12. The number of rotatable bonds is 11. The summed E-state index contributed by atoms with van der Waals surface area (Å²) in [5.74, 6) is 0. The van der Waals surface area contributed by atoms with Crippen molar-refractivity contribution in [3.05, 3.63) is 35.4 Å². The lowest BCUT2D eigenvalue weighted by Crippen LogP contribution is -2.08. The Labute approximate surface area is 124 Å². The Hall–Kier alpha value is -0.860. The molecule has 2 nitrogen and oxygen atoms in total. The molecule has 1 rings (SSSR count). The van der Waals surface area contributed by atoms with Crippen LogP contribution < -0.4 is 0 Å². The number of aryl methyl sites for hydroxylation is 1. The zero-order valence-electron chi connectivity index (χ0n) is 13.1. The third-order valence-corrected chi connectivity index (χ3v) is 3.69. The highest BCUT2D eigenvalue weighted by molar-refractivity contribution is 5.24. The number of unbranched alkanes of at least 4 members (excludes halogenated alkanes) is 5. The number of hydrogen-bond acceptors (Lipinski definition) is 2. The molecule has 20 heavy (non-hydrogen) atoms. The van der Waals surface area contributed by atoms with Gasteiger partial charge in [-0.05, 0) is 24.0 Å². The van der Waals surface area contributed by atoms with Crippen molar-refractivity contribution in [3.8, 4) is 0 Å². The highest BCUT2D eigenvalue weighted by Crippen LogP contribution is 2.15. The van der Waals surface area contributed by atoms with Gasteiger partial charge < -0.3 is 9.84 Å². The summed E-state index contributed by atoms with van der Waals surface area (Å²) in [6.45, 7) is 5.53. The second-order valence-electron chi connectivity index (χ2n) is 5.45. The Morgan fingerprint density at radius 2 is 1.60 bits per heavy atom. The molecule has 1 unspecified atom stereocenters. The Bertz CT molecular complexity index is 332. The van der Waals surface area contributed by atoms with E-state index in [2.05, 4.69) is 26.0 Å². The Morgan fingerprint density at radius 1 is 0.950 bits per heavy atom. The summed E-state index contributed by atoms with van der Waals surface area (Å²) < 4.78 is 5.56. The van der Waals surface area contributed by atoms with Gasteiger partial charge >= 0.3 is 0 Å². The predicted octanol–water partition coefficient (Wildman–Crippen LogP) is 4.66. The van der Waals surface area contributed by atoms with E-state index in [0.717, 1.165) is 25.0 Å². The minimum absolute atomic E-state index is 0.403. The molecule has 114 valence electrons. The van der Waals surface area contributed by atoms with Crippen LogP contribution in [0.2, 0.25) is 0 Å². The molecule has 0 aromatic heterocycles. The molecule has 0 aliphatic carbocycles. The summed E-state index contributed by atoms with van der Waals surface area (Å²) in [5.41, 5.74) is 2.25. The standard InChI is InChI=1S/C18H30O2/c1-3-5-6-7-8-9-14-20-15-18(19)17-12-10-16(4-2)11-13-17/h10-13,18-19H,3-9,14-15H2,1-2H3. The van der Waals surface area contributed by atoms with Crippen molar-refractivity contribution in [1.29, 1.82) is 0 Å². The zero-order valence-corrected chi connectivity index (χ0v) is 13.1. The molecule has 0 fully saturated rings. The van der Waals surface area contributed by atoms with Gasteiger partial charge in [0.25, 0.3) is 0 Å². The fraction of sp³-hybridized carbons (Fsp3) is 0.667. The zero-order chi connectivity index (χ0) is 14.6. The molecule has 0 heterocycles. The van der Waals surface area contributed by atoms with E-state index in [-0.39, 0.29) is 0 Å². The lowest BCUT2D eigenvalue weighted by atomic mass is 10.1. The van der Waals surface area contributed by atoms with Crippen LogP contribution in [0.15, 0.2) is 24.3 Å². The molecular formula is C18H30O2. The SMILES string of the molecule is CCCCCCCCOCC(O)c1ccc(CC)cc1. The molecule has 0 saturated carbocycles. The Balaban J connectivity index is 2.08. The molecule has 0 amide bonds. The van der Waals surface area contributed by atoms with E-state index in [1.807, 2.05) is 12.1 Å². The van der Waals surface area contributed by atoms with Crippen LogP contribution in [0.3, 0.4) is 0 Å². The lowest BCUT2D eigenvalue weighted by molar-refractivity contribution is 0.0344. The maximum Gasteiger partial charge on any atom is 0.102 e. The molecule has 0 aliphatic rings. The van der Waals surface area contributed by atoms with Crippen LogP contribution in [-0.2, 0) is 11.2 Å². The molecule has 0 spiro atoms. The first-order valence-corrected chi connectivity index (χ1v) is 8.12. The quantitative estimate of drug-likeness (QED) is 0.597. The van der Waals surface area contributed by atoms with Gasteiger partial charge in [-0.2, -0.15) is 0 Å². The van der Waals surface area contributed by atoms with Crippen molar-refractivity contribution in [2.24, 2.45) is 0 Å². The molecule has 1 aromatic rings. The first kappa shape index (κ1) is 17.2. The predicted molar refractivity (Wildman–Crippen MR) is 85.0 cm³/mol. The summed E-state index contributed by atoms with van der Waals surface area (Å²) in [4.78, 5) is 0. The fourth-order valence-electron chi connectivity index (χ4n) is 2.25. The van der Waals surface area contributed by atoms with Gasteiger partial charge in [0.05, 0.1) is 6.61 Å². The van der Waals surface area contributed by atoms with Gasteiger partial charge in [0.2, 0.25) is 0 Å². The minimum atomic E-state index is -0.499. The molecule has 0 radical (unpaired) electrons. The highest BCUT2D eigenvalue weighted by Gasteiger charge is 2.07.